The van der Waals surface area contributed by atoms with Gasteiger partial charge in [0, 0.05) is 17.7 Å². The summed E-state index contributed by atoms with van der Waals surface area (Å²) in [7, 11) is 1.54. The monoisotopic (exact) mass is 421 g/mol. The summed E-state index contributed by atoms with van der Waals surface area (Å²) in [6.45, 7) is 2.33. The van der Waals surface area contributed by atoms with Gasteiger partial charge in [-0.25, -0.2) is 5.43 Å². The average molecular weight is 422 g/mol. The number of carbonyl (C=O) groups excluding carboxylic acids is 1. The van der Waals surface area contributed by atoms with E-state index >= 15 is 0 Å². The van der Waals surface area contributed by atoms with Gasteiger partial charge in [-0.2, -0.15) is 5.10 Å². The number of hydrogen-bond donors (Lipinski definition) is 1. The van der Waals surface area contributed by atoms with Crippen LogP contribution in [-0.2, 0) is 0 Å². The fourth-order valence-electron chi connectivity index (χ4n) is 2.09. The van der Waals surface area contributed by atoms with Crippen LogP contribution in [0.25, 0.3) is 0 Å². The van der Waals surface area contributed by atoms with Crippen molar-refractivity contribution in [2.45, 2.75) is 6.92 Å². The third kappa shape index (κ3) is 4.79. The Morgan fingerprint density at radius 3 is 2.62 bits per heavy atom. The van der Waals surface area contributed by atoms with Crippen molar-refractivity contribution in [3.8, 4) is 11.5 Å². The van der Waals surface area contributed by atoms with Gasteiger partial charge in [-0.15, -0.1) is 0 Å². The first-order valence-corrected chi connectivity index (χ1v) is 8.33. The van der Waals surface area contributed by atoms with Crippen molar-refractivity contribution < 1.29 is 19.2 Å². The van der Waals surface area contributed by atoms with Gasteiger partial charge in [0.25, 0.3) is 11.6 Å². The molecule has 0 unspecified atom stereocenters. The first-order chi connectivity index (χ1) is 12.5. The number of nitrogens with one attached hydrogen (secondary N) is 1. The van der Waals surface area contributed by atoms with Crippen LogP contribution in [0.4, 0.5) is 5.69 Å². The molecule has 0 spiro atoms. The lowest BCUT2D eigenvalue weighted by molar-refractivity contribution is -0.384. The van der Waals surface area contributed by atoms with E-state index in [4.69, 9.17) is 9.47 Å². The van der Waals surface area contributed by atoms with Crippen LogP contribution < -0.4 is 14.9 Å². The van der Waals surface area contributed by atoms with Crippen LogP contribution in [0.3, 0.4) is 0 Å². The van der Waals surface area contributed by atoms with Gasteiger partial charge in [0.1, 0.15) is 0 Å². The second kappa shape index (κ2) is 8.95. The third-order valence-electron chi connectivity index (χ3n) is 3.26. The molecule has 2 rings (SSSR count). The Hall–Kier alpha value is -2.94. The molecule has 2 aromatic rings. The summed E-state index contributed by atoms with van der Waals surface area (Å²) in [6, 6.07) is 8.74. The average Bonchev–Trinajstić information content (AvgIpc) is 2.62. The molecule has 9 heteroatoms. The summed E-state index contributed by atoms with van der Waals surface area (Å²) in [5, 5.41) is 14.5. The van der Waals surface area contributed by atoms with E-state index in [0.717, 1.165) is 0 Å². The molecule has 0 heterocycles. The van der Waals surface area contributed by atoms with E-state index < -0.39 is 10.8 Å². The largest absolute Gasteiger partial charge is 0.492 e. The Labute approximate surface area is 158 Å². The smallest absolute Gasteiger partial charge is 0.271 e. The molecule has 0 saturated heterocycles. The van der Waals surface area contributed by atoms with Gasteiger partial charge in [-0.3, -0.25) is 14.9 Å². The summed E-state index contributed by atoms with van der Waals surface area (Å²) < 4.78 is 11.5. The fraction of sp³-hybridized carbons (Fsp3) is 0.176. The number of non-ortho nitro benzene ring substituents is 1. The molecule has 2 aromatic carbocycles. The minimum atomic E-state index is -0.530. The zero-order chi connectivity index (χ0) is 19.1. The number of methoxy groups -OCH3 is 1. The number of amides is 1. The summed E-state index contributed by atoms with van der Waals surface area (Å²) in [5.41, 5.74) is 3.23. The van der Waals surface area contributed by atoms with Crippen LogP contribution in [0.15, 0.2) is 46.0 Å². The lowest BCUT2D eigenvalue weighted by Gasteiger charge is -2.11. The van der Waals surface area contributed by atoms with Gasteiger partial charge >= 0.3 is 0 Å². The molecule has 0 bridgehead atoms. The summed E-state index contributed by atoms with van der Waals surface area (Å²) in [6.07, 6.45) is 1.45. The van der Waals surface area contributed by atoms with Crippen molar-refractivity contribution in [2.75, 3.05) is 13.7 Å². The molecular weight excluding hydrogens is 406 g/mol. The molecule has 1 N–H and O–H groups in total. The van der Waals surface area contributed by atoms with Gasteiger partial charge in [-0.05, 0) is 52.7 Å². The maximum atomic E-state index is 12.0. The number of hydrazone groups is 1. The van der Waals surface area contributed by atoms with Crippen LogP contribution in [0.5, 0.6) is 11.5 Å². The van der Waals surface area contributed by atoms with Crippen molar-refractivity contribution in [3.05, 3.63) is 62.1 Å². The number of nitro groups is 1. The van der Waals surface area contributed by atoms with E-state index in [1.807, 2.05) is 6.92 Å². The number of rotatable bonds is 7. The number of nitro benzene ring substituents is 1. The number of nitrogens with zero attached hydrogens (tertiary/aromatic N) is 2. The van der Waals surface area contributed by atoms with Crippen molar-refractivity contribution in [1.82, 2.24) is 5.43 Å². The molecule has 26 heavy (non-hydrogen) atoms. The van der Waals surface area contributed by atoms with E-state index in [0.29, 0.717) is 28.1 Å². The number of halogens is 1. The SMILES string of the molecule is CCOc1cc(/C=N/NC(=O)c2ccc([N+](=O)[O-])cc2)cc(Br)c1OC. The van der Waals surface area contributed by atoms with Gasteiger partial charge in [-0.1, -0.05) is 0 Å². The molecule has 0 saturated carbocycles. The number of carbonyl (C=O) groups is 1. The lowest BCUT2D eigenvalue weighted by atomic mass is 10.2. The van der Waals surface area contributed by atoms with Gasteiger partial charge in [0.15, 0.2) is 11.5 Å². The molecule has 0 aliphatic heterocycles. The second-order valence-corrected chi connectivity index (χ2v) is 5.82. The van der Waals surface area contributed by atoms with E-state index in [1.165, 1.54) is 30.5 Å². The third-order valence-corrected chi connectivity index (χ3v) is 3.84. The molecule has 0 aliphatic rings. The molecule has 0 aromatic heterocycles. The zero-order valence-electron chi connectivity index (χ0n) is 14.1. The molecule has 0 atom stereocenters. The highest BCUT2D eigenvalue weighted by Crippen LogP contribution is 2.36. The molecule has 136 valence electrons. The van der Waals surface area contributed by atoms with E-state index in [-0.39, 0.29) is 11.3 Å². The van der Waals surface area contributed by atoms with Gasteiger partial charge in [0.2, 0.25) is 0 Å². The Bertz CT molecular complexity index is 837. The van der Waals surface area contributed by atoms with Crippen LogP contribution in [0.1, 0.15) is 22.8 Å². The number of ether oxygens (including phenoxy) is 2. The molecule has 1 amide bonds. The predicted molar refractivity (Wildman–Crippen MR) is 100 cm³/mol. The quantitative estimate of drug-likeness (QED) is 0.418. The Balaban J connectivity index is 2.09. The summed E-state index contributed by atoms with van der Waals surface area (Å²) in [5.74, 6) is 0.639. The standard InChI is InChI=1S/C17H16BrN3O5/c1-3-26-15-9-11(8-14(18)16(15)25-2)10-19-20-17(22)12-4-6-13(7-5-12)21(23)24/h4-10H,3H2,1-2H3,(H,20,22)/b19-10+. The van der Waals surface area contributed by atoms with E-state index in [2.05, 4.69) is 26.5 Å². The Morgan fingerprint density at radius 1 is 1.35 bits per heavy atom. The van der Waals surface area contributed by atoms with Crippen LogP contribution in [-0.4, -0.2) is 30.8 Å². The van der Waals surface area contributed by atoms with E-state index in [9.17, 15) is 14.9 Å². The van der Waals surface area contributed by atoms with Crippen molar-refractivity contribution in [2.24, 2.45) is 5.10 Å². The summed E-state index contributed by atoms with van der Waals surface area (Å²) >= 11 is 3.40. The topological polar surface area (TPSA) is 103 Å². The minimum Gasteiger partial charge on any atom is -0.492 e. The fourth-order valence-corrected chi connectivity index (χ4v) is 2.71. The summed E-state index contributed by atoms with van der Waals surface area (Å²) in [4.78, 5) is 22.1. The highest BCUT2D eigenvalue weighted by Gasteiger charge is 2.11. The first-order valence-electron chi connectivity index (χ1n) is 7.54. The second-order valence-electron chi connectivity index (χ2n) is 4.97. The maximum Gasteiger partial charge on any atom is 0.271 e. The van der Waals surface area contributed by atoms with Crippen LogP contribution >= 0.6 is 15.9 Å². The molecular formula is C17H16BrN3O5. The Morgan fingerprint density at radius 2 is 2.04 bits per heavy atom. The molecule has 8 nitrogen and oxygen atoms in total. The highest BCUT2D eigenvalue weighted by molar-refractivity contribution is 9.10. The lowest BCUT2D eigenvalue weighted by Crippen LogP contribution is -2.17. The molecule has 0 fully saturated rings. The van der Waals surface area contributed by atoms with Crippen LogP contribution in [0, 0.1) is 10.1 Å². The number of hydrogen-bond acceptors (Lipinski definition) is 6. The van der Waals surface area contributed by atoms with Gasteiger partial charge < -0.3 is 9.47 Å². The molecule has 0 radical (unpaired) electrons. The molecule has 0 aliphatic carbocycles. The normalized spacial score (nSPS) is 10.6. The number of benzene rings is 2. The highest BCUT2D eigenvalue weighted by atomic mass is 79.9. The van der Waals surface area contributed by atoms with Gasteiger partial charge in [0.05, 0.1) is 29.3 Å². The van der Waals surface area contributed by atoms with E-state index in [1.54, 1.807) is 19.2 Å². The zero-order valence-corrected chi connectivity index (χ0v) is 15.6. The van der Waals surface area contributed by atoms with Crippen molar-refractivity contribution in [3.63, 3.8) is 0 Å². The first kappa shape index (κ1) is 19.4. The maximum absolute atomic E-state index is 12.0. The van der Waals surface area contributed by atoms with Crippen molar-refractivity contribution >= 4 is 33.7 Å². The van der Waals surface area contributed by atoms with Crippen molar-refractivity contribution in [1.29, 1.82) is 0 Å². The Kier molecular flexibility index (Phi) is 6.67. The van der Waals surface area contributed by atoms with Crippen LogP contribution in [0.2, 0.25) is 0 Å². The minimum absolute atomic E-state index is 0.0865. The predicted octanol–water partition coefficient (Wildman–Crippen LogP) is 3.53.